The summed E-state index contributed by atoms with van der Waals surface area (Å²) in [6, 6.07) is 9.78. The second-order valence-corrected chi connectivity index (χ2v) is 5.45. The van der Waals surface area contributed by atoms with Gasteiger partial charge >= 0.3 is 0 Å². The van der Waals surface area contributed by atoms with Crippen molar-refractivity contribution in [2.45, 2.75) is 33.9 Å². The van der Waals surface area contributed by atoms with Crippen LogP contribution in [0.5, 0.6) is 5.75 Å². The third-order valence-corrected chi connectivity index (χ3v) is 3.48. The topological polar surface area (TPSA) is 69.5 Å². The summed E-state index contributed by atoms with van der Waals surface area (Å²) >= 11 is 0. The molecule has 0 spiro atoms. The van der Waals surface area contributed by atoms with Gasteiger partial charge in [-0.05, 0) is 49.6 Å². The Morgan fingerprint density at radius 2 is 1.88 bits per heavy atom. The summed E-state index contributed by atoms with van der Waals surface area (Å²) < 4.78 is 0. The SMILES string of the molecule is CCNC(=NCc1cc(C)c(O)c(C)c1)NCc1ccccn1.I. The summed E-state index contributed by atoms with van der Waals surface area (Å²) in [6.45, 7) is 7.81. The van der Waals surface area contributed by atoms with E-state index in [-0.39, 0.29) is 24.0 Å². The van der Waals surface area contributed by atoms with Gasteiger partial charge in [0.2, 0.25) is 0 Å². The first-order chi connectivity index (χ1) is 11.1. The van der Waals surface area contributed by atoms with Gasteiger partial charge in [-0.2, -0.15) is 0 Å². The number of aryl methyl sites for hydroxylation is 2. The van der Waals surface area contributed by atoms with E-state index in [1.807, 2.05) is 51.1 Å². The largest absolute Gasteiger partial charge is 0.507 e. The highest BCUT2D eigenvalue weighted by molar-refractivity contribution is 14.0. The Bertz CT molecular complexity index is 651. The third-order valence-electron chi connectivity index (χ3n) is 3.48. The molecule has 1 aromatic carbocycles. The molecule has 1 aromatic heterocycles. The minimum atomic E-state index is 0. The molecule has 1 heterocycles. The molecular formula is C18H25IN4O. The molecule has 130 valence electrons. The fourth-order valence-corrected chi connectivity index (χ4v) is 2.33. The molecule has 0 fully saturated rings. The van der Waals surface area contributed by atoms with Gasteiger partial charge in [0.05, 0.1) is 18.8 Å². The molecule has 0 unspecified atom stereocenters. The number of hydrogen-bond donors (Lipinski definition) is 3. The highest BCUT2D eigenvalue weighted by Gasteiger charge is 2.04. The standard InChI is InChI=1S/C18H24N4O.HI/c1-4-19-18(22-12-16-7-5-6-8-20-16)21-11-15-9-13(2)17(23)14(3)10-15;/h5-10,23H,4,11-12H2,1-3H3,(H2,19,21,22);1H. The zero-order valence-corrected chi connectivity index (χ0v) is 16.7. The predicted molar refractivity (Wildman–Crippen MR) is 109 cm³/mol. The van der Waals surface area contributed by atoms with E-state index in [0.717, 1.165) is 34.9 Å². The average molecular weight is 440 g/mol. The molecule has 0 atom stereocenters. The smallest absolute Gasteiger partial charge is 0.191 e. The van der Waals surface area contributed by atoms with Crippen LogP contribution in [0.15, 0.2) is 41.5 Å². The third kappa shape index (κ3) is 5.99. The molecule has 24 heavy (non-hydrogen) atoms. The van der Waals surface area contributed by atoms with E-state index in [0.29, 0.717) is 18.8 Å². The van der Waals surface area contributed by atoms with Crippen LogP contribution in [-0.4, -0.2) is 22.6 Å². The van der Waals surface area contributed by atoms with E-state index in [9.17, 15) is 5.11 Å². The number of phenols is 1. The monoisotopic (exact) mass is 440 g/mol. The van der Waals surface area contributed by atoms with Crippen LogP contribution in [0.25, 0.3) is 0 Å². The molecule has 0 saturated heterocycles. The number of rotatable bonds is 5. The molecule has 0 amide bonds. The quantitative estimate of drug-likeness (QED) is 0.379. The number of guanidine groups is 1. The lowest BCUT2D eigenvalue weighted by Crippen LogP contribution is -2.37. The minimum absolute atomic E-state index is 0. The zero-order valence-electron chi connectivity index (χ0n) is 14.3. The van der Waals surface area contributed by atoms with Crippen LogP contribution in [0.1, 0.15) is 29.3 Å². The van der Waals surface area contributed by atoms with Crippen molar-refractivity contribution in [2.75, 3.05) is 6.54 Å². The molecule has 2 rings (SSSR count). The van der Waals surface area contributed by atoms with E-state index in [4.69, 9.17) is 0 Å². The number of nitrogens with one attached hydrogen (secondary N) is 2. The van der Waals surface area contributed by atoms with Crippen molar-refractivity contribution in [3.63, 3.8) is 0 Å². The highest BCUT2D eigenvalue weighted by Crippen LogP contribution is 2.23. The zero-order chi connectivity index (χ0) is 16.7. The molecule has 0 aliphatic heterocycles. The lowest BCUT2D eigenvalue weighted by molar-refractivity contribution is 0.466. The van der Waals surface area contributed by atoms with Gasteiger partial charge in [-0.1, -0.05) is 18.2 Å². The number of phenolic OH excluding ortho intramolecular Hbond substituents is 1. The first-order valence-corrected chi connectivity index (χ1v) is 7.81. The lowest BCUT2D eigenvalue weighted by Gasteiger charge is -2.11. The average Bonchev–Trinajstić information content (AvgIpc) is 2.56. The second-order valence-electron chi connectivity index (χ2n) is 5.45. The van der Waals surface area contributed by atoms with Crippen molar-refractivity contribution in [3.8, 4) is 5.75 Å². The highest BCUT2D eigenvalue weighted by atomic mass is 127. The number of hydrogen-bond acceptors (Lipinski definition) is 3. The van der Waals surface area contributed by atoms with Gasteiger partial charge in [0, 0.05) is 12.7 Å². The summed E-state index contributed by atoms with van der Waals surface area (Å²) in [5.41, 5.74) is 3.80. The molecule has 3 N–H and O–H groups in total. The number of nitrogens with zero attached hydrogens (tertiary/aromatic N) is 2. The fourth-order valence-electron chi connectivity index (χ4n) is 2.33. The number of pyridine rings is 1. The van der Waals surface area contributed by atoms with Crippen LogP contribution < -0.4 is 10.6 Å². The first-order valence-electron chi connectivity index (χ1n) is 7.81. The minimum Gasteiger partial charge on any atom is -0.507 e. The van der Waals surface area contributed by atoms with Gasteiger partial charge in [-0.15, -0.1) is 24.0 Å². The number of benzene rings is 1. The maximum Gasteiger partial charge on any atom is 0.191 e. The Kier molecular flexibility index (Phi) is 8.53. The summed E-state index contributed by atoms with van der Waals surface area (Å²) in [5, 5.41) is 16.3. The van der Waals surface area contributed by atoms with E-state index in [1.165, 1.54) is 0 Å². The Hall–Kier alpha value is -1.83. The van der Waals surface area contributed by atoms with Crippen molar-refractivity contribution in [3.05, 3.63) is 58.9 Å². The summed E-state index contributed by atoms with van der Waals surface area (Å²) in [7, 11) is 0. The van der Waals surface area contributed by atoms with Gasteiger partial charge in [-0.3, -0.25) is 4.98 Å². The van der Waals surface area contributed by atoms with Crippen molar-refractivity contribution in [1.29, 1.82) is 0 Å². The van der Waals surface area contributed by atoms with Crippen molar-refractivity contribution < 1.29 is 5.11 Å². The lowest BCUT2D eigenvalue weighted by atomic mass is 10.1. The Morgan fingerprint density at radius 1 is 1.17 bits per heavy atom. The van der Waals surface area contributed by atoms with E-state index >= 15 is 0 Å². The first kappa shape index (κ1) is 20.2. The molecular weight excluding hydrogens is 415 g/mol. The van der Waals surface area contributed by atoms with Gasteiger partial charge in [0.25, 0.3) is 0 Å². The van der Waals surface area contributed by atoms with Crippen LogP contribution in [0.2, 0.25) is 0 Å². The number of aromatic nitrogens is 1. The van der Waals surface area contributed by atoms with Gasteiger partial charge in [-0.25, -0.2) is 4.99 Å². The van der Waals surface area contributed by atoms with E-state index in [2.05, 4.69) is 20.6 Å². The molecule has 0 bridgehead atoms. The molecule has 2 aromatic rings. The maximum absolute atomic E-state index is 9.84. The van der Waals surface area contributed by atoms with Crippen LogP contribution in [0, 0.1) is 13.8 Å². The maximum atomic E-state index is 9.84. The van der Waals surface area contributed by atoms with Crippen molar-refractivity contribution in [2.24, 2.45) is 4.99 Å². The van der Waals surface area contributed by atoms with Gasteiger partial charge in [0.1, 0.15) is 5.75 Å². The van der Waals surface area contributed by atoms with Crippen LogP contribution in [0.3, 0.4) is 0 Å². The Morgan fingerprint density at radius 3 is 2.46 bits per heavy atom. The molecule has 0 saturated carbocycles. The number of aliphatic imine (C=N–C) groups is 1. The van der Waals surface area contributed by atoms with Crippen LogP contribution >= 0.6 is 24.0 Å². The summed E-state index contributed by atoms with van der Waals surface area (Å²) in [4.78, 5) is 8.88. The number of halogens is 1. The van der Waals surface area contributed by atoms with Crippen LogP contribution in [0.4, 0.5) is 0 Å². The second kappa shape index (κ2) is 10.1. The summed E-state index contributed by atoms with van der Waals surface area (Å²) in [5.74, 6) is 1.11. The fraction of sp³-hybridized carbons (Fsp3) is 0.333. The molecule has 6 heteroatoms. The Labute approximate surface area is 160 Å². The van der Waals surface area contributed by atoms with Crippen molar-refractivity contribution >= 4 is 29.9 Å². The predicted octanol–water partition coefficient (Wildman–Crippen LogP) is 3.28. The van der Waals surface area contributed by atoms with Crippen molar-refractivity contribution in [1.82, 2.24) is 15.6 Å². The van der Waals surface area contributed by atoms with Gasteiger partial charge in [0.15, 0.2) is 5.96 Å². The molecule has 0 aliphatic carbocycles. The Balaban J connectivity index is 0.00000288. The van der Waals surface area contributed by atoms with E-state index < -0.39 is 0 Å². The molecule has 0 radical (unpaired) electrons. The van der Waals surface area contributed by atoms with Crippen LogP contribution in [-0.2, 0) is 13.1 Å². The van der Waals surface area contributed by atoms with Gasteiger partial charge < -0.3 is 15.7 Å². The molecule has 5 nitrogen and oxygen atoms in total. The normalized spacial score (nSPS) is 10.9. The summed E-state index contributed by atoms with van der Waals surface area (Å²) in [6.07, 6.45) is 1.78. The number of aromatic hydroxyl groups is 1. The van der Waals surface area contributed by atoms with E-state index in [1.54, 1.807) is 6.20 Å². The molecule has 0 aliphatic rings.